The monoisotopic (exact) mass is 448 g/mol. The molecule has 0 spiro atoms. The van der Waals surface area contributed by atoms with E-state index in [1.165, 1.54) is 6.07 Å². The van der Waals surface area contributed by atoms with Gasteiger partial charge in [-0.05, 0) is 53.6 Å². The molecule has 0 atom stereocenters. The zero-order valence-corrected chi connectivity index (χ0v) is 18.3. The van der Waals surface area contributed by atoms with Crippen molar-refractivity contribution in [1.82, 2.24) is 15.1 Å². The fourth-order valence-electron chi connectivity index (χ4n) is 3.39. The summed E-state index contributed by atoms with van der Waals surface area (Å²) in [6, 6.07) is 8.51. The van der Waals surface area contributed by atoms with E-state index < -0.39 is 23.2 Å². The van der Waals surface area contributed by atoms with Crippen molar-refractivity contribution in [3.63, 3.8) is 0 Å². The van der Waals surface area contributed by atoms with Crippen molar-refractivity contribution in [1.29, 1.82) is 0 Å². The minimum Gasteiger partial charge on any atom is -0.396 e. The Morgan fingerprint density at radius 1 is 1.16 bits per heavy atom. The minimum atomic E-state index is -4.45. The van der Waals surface area contributed by atoms with Crippen LogP contribution in [-0.4, -0.2) is 27.5 Å². The number of nitrogens with zero attached hydrogens (tertiary/aromatic N) is 2. The first-order valence-electron chi connectivity index (χ1n) is 10.3. The van der Waals surface area contributed by atoms with Gasteiger partial charge in [0, 0.05) is 25.6 Å². The van der Waals surface area contributed by atoms with Crippen molar-refractivity contribution in [2.45, 2.75) is 39.4 Å². The molecule has 3 N–H and O–H groups in total. The number of fused-ring (bicyclic) bond motifs is 1. The minimum absolute atomic E-state index is 0.0676. The SMILES string of the molecule is Cn1ncc2c(NC(=O)NCc3ccc(C(F)(F)F)cc3CCC(C)(C)CO)cccc21. The molecule has 2 aromatic carbocycles. The Hall–Kier alpha value is -3.07. The molecule has 0 aliphatic carbocycles. The number of rotatable bonds is 7. The summed E-state index contributed by atoms with van der Waals surface area (Å²) in [5.74, 6) is 0. The Morgan fingerprint density at radius 3 is 2.59 bits per heavy atom. The normalized spacial score (nSPS) is 12.2. The largest absolute Gasteiger partial charge is 0.416 e. The van der Waals surface area contributed by atoms with Crippen LogP contribution in [0.25, 0.3) is 10.9 Å². The fourth-order valence-corrected chi connectivity index (χ4v) is 3.39. The third-order valence-corrected chi connectivity index (χ3v) is 5.51. The van der Waals surface area contributed by atoms with Gasteiger partial charge in [-0.15, -0.1) is 0 Å². The van der Waals surface area contributed by atoms with E-state index in [-0.39, 0.29) is 13.2 Å². The maximum Gasteiger partial charge on any atom is 0.416 e. The van der Waals surface area contributed by atoms with Gasteiger partial charge in [-0.25, -0.2) is 4.79 Å². The fraction of sp³-hybridized carbons (Fsp3) is 0.391. The van der Waals surface area contributed by atoms with Gasteiger partial charge in [-0.2, -0.15) is 18.3 Å². The number of hydrogen-bond acceptors (Lipinski definition) is 3. The number of amides is 2. The maximum atomic E-state index is 13.2. The van der Waals surface area contributed by atoms with Gasteiger partial charge in [-0.1, -0.05) is 26.0 Å². The molecule has 0 radical (unpaired) electrons. The van der Waals surface area contributed by atoms with Gasteiger partial charge >= 0.3 is 12.2 Å². The second-order valence-corrected chi connectivity index (χ2v) is 8.62. The first-order chi connectivity index (χ1) is 15.0. The number of alkyl halides is 3. The molecule has 0 saturated heterocycles. The summed E-state index contributed by atoms with van der Waals surface area (Å²) in [4.78, 5) is 12.5. The maximum absolute atomic E-state index is 13.2. The molecule has 0 aliphatic heterocycles. The molecule has 2 amide bonds. The lowest BCUT2D eigenvalue weighted by molar-refractivity contribution is -0.137. The van der Waals surface area contributed by atoms with E-state index >= 15 is 0 Å². The molecule has 9 heteroatoms. The molecule has 0 unspecified atom stereocenters. The predicted molar refractivity (Wildman–Crippen MR) is 117 cm³/mol. The van der Waals surface area contributed by atoms with Crippen molar-refractivity contribution in [3.05, 3.63) is 59.3 Å². The van der Waals surface area contributed by atoms with Crippen molar-refractivity contribution in [2.75, 3.05) is 11.9 Å². The van der Waals surface area contributed by atoms with E-state index in [9.17, 15) is 23.1 Å². The quantitative estimate of drug-likeness (QED) is 0.483. The standard InChI is InChI=1S/C23H27F3N4O2/c1-22(2,14-31)10-9-15-11-17(23(24,25)26)8-7-16(15)12-27-21(32)29-19-5-4-6-20-18(19)13-28-30(20)3/h4-8,11,13,31H,9-10,12,14H2,1-3H3,(H2,27,29,32). The van der Waals surface area contributed by atoms with Crippen molar-refractivity contribution < 1.29 is 23.1 Å². The van der Waals surface area contributed by atoms with Gasteiger partial charge in [-0.3, -0.25) is 4.68 Å². The summed E-state index contributed by atoms with van der Waals surface area (Å²) in [5, 5.41) is 19.9. The van der Waals surface area contributed by atoms with Crippen LogP contribution in [0, 0.1) is 5.41 Å². The average Bonchev–Trinajstić information content (AvgIpc) is 3.12. The molecule has 0 fully saturated rings. The highest BCUT2D eigenvalue weighted by molar-refractivity contribution is 6.00. The first-order valence-corrected chi connectivity index (χ1v) is 10.3. The Balaban J connectivity index is 1.74. The molecule has 172 valence electrons. The summed E-state index contributed by atoms with van der Waals surface area (Å²) >= 11 is 0. The van der Waals surface area contributed by atoms with Crippen LogP contribution < -0.4 is 10.6 Å². The van der Waals surface area contributed by atoms with E-state index in [4.69, 9.17) is 0 Å². The van der Waals surface area contributed by atoms with Crippen LogP contribution >= 0.6 is 0 Å². The van der Waals surface area contributed by atoms with Crippen LogP contribution in [-0.2, 0) is 26.2 Å². The molecule has 6 nitrogen and oxygen atoms in total. The molecule has 0 bridgehead atoms. The van der Waals surface area contributed by atoms with Gasteiger partial charge in [0.1, 0.15) is 0 Å². The highest BCUT2D eigenvalue weighted by Gasteiger charge is 2.31. The summed E-state index contributed by atoms with van der Waals surface area (Å²) in [6.45, 7) is 3.71. The van der Waals surface area contributed by atoms with Gasteiger partial charge in [0.15, 0.2) is 0 Å². The van der Waals surface area contributed by atoms with Crippen LogP contribution in [0.15, 0.2) is 42.6 Å². The van der Waals surface area contributed by atoms with Crippen LogP contribution in [0.1, 0.15) is 37.0 Å². The third kappa shape index (κ3) is 5.59. The van der Waals surface area contributed by atoms with Crippen LogP contribution in [0.5, 0.6) is 0 Å². The lowest BCUT2D eigenvalue weighted by Crippen LogP contribution is -2.29. The number of nitrogens with one attached hydrogen (secondary N) is 2. The number of benzene rings is 2. The summed E-state index contributed by atoms with van der Waals surface area (Å²) in [5.41, 5.74) is 1.40. The molecular weight excluding hydrogens is 421 g/mol. The zero-order valence-electron chi connectivity index (χ0n) is 18.3. The van der Waals surface area contributed by atoms with Gasteiger partial charge in [0.25, 0.3) is 0 Å². The number of aliphatic hydroxyl groups excluding tert-OH is 1. The van der Waals surface area contributed by atoms with E-state index in [1.54, 1.807) is 30.1 Å². The Morgan fingerprint density at radius 2 is 1.91 bits per heavy atom. The molecule has 32 heavy (non-hydrogen) atoms. The number of carbonyl (C=O) groups excluding carboxylic acids is 1. The number of aryl methyl sites for hydroxylation is 2. The highest BCUT2D eigenvalue weighted by Crippen LogP contribution is 2.32. The summed E-state index contributed by atoms with van der Waals surface area (Å²) < 4.78 is 41.3. The van der Waals surface area contributed by atoms with Crippen molar-refractivity contribution in [3.8, 4) is 0 Å². The first kappa shape index (κ1) is 23.6. The molecule has 0 saturated carbocycles. The second-order valence-electron chi connectivity index (χ2n) is 8.62. The van der Waals surface area contributed by atoms with E-state index in [2.05, 4.69) is 15.7 Å². The molecule has 3 aromatic rings. The number of anilines is 1. The van der Waals surface area contributed by atoms with E-state index in [0.29, 0.717) is 29.7 Å². The van der Waals surface area contributed by atoms with Crippen molar-refractivity contribution in [2.24, 2.45) is 12.5 Å². The molecule has 3 rings (SSSR count). The van der Waals surface area contributed by atoms with Crippen LogP contribution in [0.3, 0.4) is 0 Å². The smallest absolute Gasteiger partial charge is 0.396 e. The number of carbonyl (C=O) groups is 1. The van der Waals surface area contributed by atoms with Crippen LogP contribution in [0.4, 0.5) is 23.7 Å². The van der Waals surface area contributed by atoms with Gasteiger partial charge in [0.2, 0.25) is 0 Å². The van der Waals surface area contributed by atoms with E-state index in [0.717, 1.165) is 23.0 Å². The van der Waals surface area contributed by atoms with Gasteiger partial charge in [0.05, 0.1) is 23.0 Å². The predicted octanol–water partition coefficient (Wildman–Crippen LogP) is 4.86. The second kappa shape index (κ2) is 9.20. The molecular formula is C23H27F3N4O2. The van der Waals surface area contributed by atoms with Crippen molar-refractivity contribution >= 4 is 22.6 Å². The van der Waals surface area contributed by atoms with Crippen LogP contribution in [0.2, 0.25) is 0 Å². The zero-order chi connectivity index (χ0) is 23.5. The van der Waals surface area contributed by atoms with Gasteiger partial charge < -0.3 is 15.7 Å². The Kier molecular flexibility index (Phi) is 6.78. The Labute approximate surface area is 184 Å². The molecule has 1 aromatic heterocycles. The number of urea groups is 1. The number of aliphatic hydroxyl groups is 1. The highest BCUT2D eigenvalue weighted by atomic mass is 19.4. The number of hydrogen-bond donors (Lipinski definition) is 3. The van der Waals surface area contributed by atoms with E-state index in [1.807, 2.05) is 19.9 Å². The number of aromatic nitrogens is 2. The Bertz CT molecular complexity index is 1110. The summed E-state index contributed by atoms with van der Waals surface area (Å²) in [7, 11) is 1.80. The number of halogens is 3. The molecule has 0 aliphatic rings. The topological polar surface area (TPSA) is 79.2 Å². The lowest BCUT2D eigenvalue weighted by atomic mass is 9.86. The summed E-state index contributed by atoms with van der Waals surface area (Å²) in [6.07, 6.45) is -1.94. The lowest BCUT2D eigenvalue weighted by Gasteiger charge is -2.22. The third-order valence-electron chi connectivity index (χ3n) is 5.51. The average molecular weight is 448 g/mol. The molecule has 1 heterocycles.